The molecule has 11 heteroatoms. The van der Waals surface area contributed by atoms with Gasteiger partial charge in [0.1, 0.15) is 5.75 Å². The fraction of sp³-hybridized carbons (Fsp3) is 0.500. The Hall–Kier alpha value is -2.69. The molecule has 0 fully saturated rings. The van der Waals surface area contributed by atoms with Crippen molar-refractivity contribution in [2.45, 2.75) is 33.1 Å². The second-order valence-corrected chi connectivity index (χ2v) is 10.5. The highest BCUT2D eigenvalue weighted by molar-refractivity contribution is 6.35. The minimum absolute atomic E-state index is 0.0426. The molecule has 0 aliphatic carbocycles. The Bertz CT molecular complexity index is 1130. The number of carbonyl (C=O) groups is 3. The van der Waals surface area contributed by atoms with Gasteiger partial charge in [-0.15, -0.1) is 0 Å². The molecule has 41 heavy (non-hydrogen) atoms. The van der Waals surface area contributed by atoms with Gasteiger partial charge in [0.05, 0.1) is 26.7 Å². The van der Waals surface area contributed by atoms with Gasteiger partial charge in [0, 0.05) is 22.2 Å². The number of ether oxygens (including phenoxy) is 1. The van der Waals surface area contributed by atoms with E-state index in [1.807, 2.05) is 24.3 Å². The normalized spacial score (nSPS) is 11.1. The number of ketones is 1. The van der Waals surface area contributed by atoms with Gasteiger partial charge in [-0.2, -0.15) is 0 Å². The number of nitrogens with two attached hydrogens (primary N) is 1. The summed E-state index contributed by atoms with van der Waals surface area (Å²) >= 11 is 12.7. The summed E-state index contributed by atoms with van der Waals surface area (Å²) in [5.41, 5.74) is 7.52. The number of methoxy groups -OCH3 is 1. The molecule has 226 valence electrons. The number of halogens is 2. The van der Waals surface area contributed by atoms with Gasteiger partial charge in [-0.25, -0.2) is 0 Å². The number of hydrogen-bond acceptors (Lipinski definition) is 7. The molecule has 4 N–H and O–H groups in total. The first-order chi connectivity index (χ1) is 19.7. The zero-order valence-electron chi connectivity index (χ0n) is 24.3. The molecule has 0 heterocycles. The summed E-state index contributed by atoms with van der Waals surface area (Å²) in [4.78, 5) is 41.5. The van der Waals surface area contributed by atoms with Crippen LogP contribution in [0.5, 0.6) is 5.75 Å². The summed E-state index contributed by atoms with van der Waals surface area (Å²) in [6.07, 6.45) is 1.92. The molecular formula is C30H43Cl2N5O4. The molecule has 0 aliphatic rings. The van der Waals surface area contributed by atoms with Crippen LogP contribution in [0.3, 0.4) is 0 Å². The molecule has 0 unspecified atom stereocenters. The van der Waals surface area contributed by atoms with E-state index in [-0.39, 0.29) is 44.3 Å². The first-order valence-corrected chi connectivity index (χ1v) is 14.8. The van der Waals surface area contributed by atoms with Gasteiger partial charge in [0.25, 0.3) is 0 Å². The summed E-state index contributed by atoms with van der Waals surface area (Å²) in [5, 5.41) is 7.03. The third kappa shape index (κ3) is 12.4. The van der Waals surface area contributed by atoms with Crippen molar-refractivity contribution in [3.8, 4) is 5.75 Å². The molecule has 2 amide bonds. The Balaban J connectivity index is 1.96. The van der Waals surface area contributed by atoms with Crippen LogP contribution in [0.4, 0.5) is 0 Å². The minimum atomic E-state index is -0.621. The SMILES string of the molecule is CCN(CC)CCCNCC(=O)c1cc(Cl)cc(Cl)c1CCN(CC(N)=O)C(=O)CNCCc1ccc(OC)cc1. The van der Waals surface area contributed by atoms with Crippen LogP contribution in [0, 0.1) is 0 Å². The van der Waals surface area contributed by atoms with Crippen molar-refractivity contribution >= 4 is 40.8 Å². The Labute approximate surface area is 253 Å². The Morgan fingerprint density at radius 2 is 1.61 bits per heavy atom. The van der Waals surface area contributed by atoms with Crippen LogP contribution in [0.25, 0.3) is 0 Å². The number of benzene rings is 2. The number of nitrogens with zero attached hydrogens (tertiary/aromatic N) is 2. The van der Waals surface area contributed by atoms with Gasteiger partial charge < -0.3 is 30.9 Å². The van der Waals surface area contributed by atoms with Gasteiger partial charge >= 0.3 is 0 Å². The van der Waals surface area contributed by atoms with Crippen molar-refractivity contribution in [2.24, 2.45) is 5.73 Å². The second-order valence-electron chi connectivity index (χ2n) is 9.70. The number of hydrogen-bond donors (Lipinski definition) is 3. The average Bonchev–Trinajstić information content (AvgIpc) is 2.95. The summed E-state index contributed by atoms with van der Waals surface area (Å²) in [7, 11) is 1.62. The number of primary amides is 1. The van der Waals surface area contributed by atoms with Crippen molar-refractivity contribution in [2.75, 3.05) is 66.0 Å². The number of amides is 2. The molecule has 0 spiro atoms. The fourth-order valence-electron chi connectivity index (χ4n) is 4.43. The number of carbonyl (C=O) groups excluding carboxylic acids is 3. The van der Waals surface area contributed by atoms with Crippen molar-refractivity contribution in [1.29, 1.82) is 0 Å². The summed E-state index contributed by atoms with van der Waals surface area (Å²) < 4.78 is 5.17. The third-order valence-corrected chi connectivity index (χ3v) is 7.38. The van der Waals surface area contributed by atoms with Gasteiger partial charge in [-0.3, -0.25) is 14.4 Å². The second kappa shape index (κ2) is 18.7. The zero-order valence-corrected chi connectivity index (χ0v) is 25.8. The minimum Gasteiger partial charge on any atom is -0.497 e. The summed E-state index contributed by atoms with van der Waals surface area (Å²) in [6, 6.07) is 10.9. The van der Waals surface area contributed by atoms with E-state index in [0.717, 1.165) is 43.8 Å². The number of rotatable bonds is 20. The maximum atomic E-state index is 13.1. The van der Waals surface area contributed by atoms with Crippen molar-refractivity contribution < 1.29 is 19.1 Å². The van der Waals surface area contributed by atoms with E-state index in [1.165, 1.54) is 4.90 Å². The monoisotopic (exact) mass is 607 g/mol. The van der Waals surface area contributed by atoms with E-state index in [1.54, 1.807) is 19.2 Å². The van der Waals surface area contributed by atoms with E-state index < -0.39 is 5.91 Å². The lowest BCUT2D eigenvalue weighted by Gasteiger charge is -2.23. The van der Waals surface area contributed by atoms with Crippen molar-refractivity contribution in [1.82, 2.24) is 20.4 Å². The molecule has 2 aromatic carbocycles. The van der Waals surface area contributed by atoms with Crippen molar-refractivity contribution in [3.63, 3.8) is 0 Å². The molecule has 0 saturated heterocycles. The maximum Gasteiger partial charge on any atom is 0.237 e. The standard InChI is InChI=1S/C30H43Cl2N5O4/c1-4-36(5-2)15-6-13-34-19-28(38)26-17-23(31)18-27(32)25(26)12-16-37(21-29(33)39)30(40)20-35-14-11-22-7-9-24(41-3)10-8-22/h7-10,17-18,34-35H,4-6,11-16,19-21H2,1-3H3,(H2,33,39). The lowest BCUT2D eigenvalue weighted by molar-refractivity contribution is -0.134. The van der Waals surface area contributed by atoms with Crippen LogP contribution in [0.15, 0.2) is 36.4 Å². The molecule has 0 bridgehead atoms. The summed E-state index contributed by atoms with van der Waals surface area (Å²) in [6.45, 7) is 8.61. The van der Waals surface area contributed by atoms with Crippen LogP contribution >= 0.6 is 23.2 Å². The van der Waals surface area contributed by atoms with Gasteiger partial charge in [-0.05, 0) is 87.4 Å². The quantitative estimate of drug-likeness (QED) is 0.156. The van der Waals surface area contributed by atoms with E-state index in [9.17, 15) is 14.4 Å². The molecular weight excluding hydrogens is 565 g/mol. The van der Waals surface area contributed by atoms with Crippen LogP contribution < -0.4 is 21.1 Å². The maximum absolute atomic E-state index is 13.1. The van der Waals surface area contributed by atoms with Gasteiger partial charge in [-0.1, -0.05) is 49.2 Å². The number of Topliss-reactive ketones (excluding diaryl/α,β-unsaturated/α-hetero) is 1. The molecule has 0 atom stereocenters. The van der Waals surface area contributed by atoms with Crippen LogP contribution in [0.1, 0.15) is 41.8 Å². The molecule has 2 rings (SSSR count). The lowest BCUT2D eigenvalue weighted by Crippen LogP contribution is -2.44. The van der Waals surface area contributed by atoms with Crippen molar-refractivity contribution in [3.05, 3.63) is 63.1 Å². The van der Waals surface area contributed by atoms with E-state index in [4.69, 9.17) is 33.7 Å². The highest BCUT2D eigenvalue weighted by Gasteiger charge is 2.20. The Morgan fingerprint density at radius 3 is 2.24 bits per heavy atom. The first kappa shape index (κ1) is 34.5. The van der Waals surface area contributed by atoms with Gasteiger partial charge in [0.15, 0.2) is 5.78 Å². The Morgan fingerprint density at radius 1 is 0.927 bits per heavy atom. The first-order valence-electron chi connectivity index (χ1n) is 14.0. The fourth-order valence-corrected chi connectivity index (χ4v) is 5.02. The largest absolute Gasteiger partial charge is 0.497 e. The predicted octanol–water partition coefficient (Wildman–Crippen LogP) is 3.19. The zero-order chi connectivity index (χ0) is 30.2. The van der Waals surface area contributed by atoms with Crippen LogP contribution in [-0.4, -0.2) is 93.4 Å². The predicted molar refractivity (Wildman–Crippen MR) is 165 cm³/mol. The van der Waals surface area contributed by atoms with Crippen LogP contribution in [0.2, 0.25) is 10.0 Å². The summed E-state index contributed by atoms with van der Waals surface area (Å²) in [5.74, 6) is -0.248. The smallest absolute Gasteiger partial charge is 0.237 e. The molecule has 9 nitrogen and oxygen atoms in total. The van der Waals surface area contributed by atoms with E-state index >= 15 is 0 Å². The third-order valence-electron chi connectivity index (χ3n) is 6.83. The molecule has 0 radical (unpaired) electrons. The molecule has 2 aromatic rings. The highest BCUT2D eigenvalue weighted by atomic mass is 35.5. The topological polar surface area (TPSA) is 117 Å². The highest BCUT2D eigenvalue weighted by Crippen LogP contribution is 2.26. The molecule has 0 saturated carbocycles. The Kier molecular flexibility index (Phi) is 15.7. The average molecular weight is 609 g/mol. The lowest BCUT2D eigenvalue weighted by atomic mass is 10.00. The molecule has 0 aromatic heterocycles. The molecule has 0 aliphatic heterocycles. The number of nitrogens with one attached hydrogen (secondary N) is 2. The van der Waals surface area contributed by atoms with Crippen LogP contribution in [-0.2, 0) is 22.4 Å². The van der Waals surface area contributed by atoms with Gasteiger partial charge in [0.2, 0.25) is 11.8 Å². The van der Waals surface area contributed by atoms with E-state index in [2.05, 4.69) is 29.4 Å². The van der Waals surface area contributed by atoms with E-state index in [0.29, 0.717) is 34.3 Å².